The molecule has 0 aromatic heterocycles. The Hall–Kier alpha value is -1.23. The number of carbonyl (C=O) groups excluding carboxylic acids is 1. The fourth-order valence-corrected chi connectivity index (χ4v) is 2.90. The number of nitrogens with one attached hydrogen (secondary N) is 1. The lowest BCUT2D eigenvalue weighted by molar-refractivity contribution is -0.137. The topological polar surface area (TPSA) is 29.1 Å². The van der Waals surface area contributed by atoms with Crippen LogP contribution in [0.2, 0.25) is 5.02 Å². The van der Waals surface area contributed by atoms with Crippen molar-refractivity contribution in [2.24, 2.45) is 0 Å². The Morgan fingerprint density at radius 1 is 1.12 bits per heavy atom. The van der Waals surface area contributed by atoms with E-state index in [1.807, 2.05) is 13.8 Å². The highest BCUT2D eigenvalue weighted by atomic mass is 35.5. The lowest BCUT2D eigenvalue weighted by Crippen LogP contribution is -2.45. The zero-order chi connectivity index (χ0) is 19.1. The average molecular weight is 378 g/mol. The maximum atomic E-state index is 12.9. The van der Waals surface area contributed by atoms with Crippen LogP contribution in [-0.2, 0) is 6.18 Å². The Morgan fingerprint density at radius 3 is 2.32 bits per heavy atom. The van der Waals surface area contributed by atoms with Crippen LogP contribution < -0.4 is 5.32 Å². The molecule has 0 saturated carbocycles. The monoisotopic (exact) mass is 377 g/mol. The van der Waals surface area contributed by atoms with E-state index in [-0.39, 0.29) is 5.56 Å². The Balaban J connectivity index is 2.78. The number of hydrogen-bond acceptors (Lipinski definition) is 1. The van der Waals surface area contributed by atoms with Gasteiger partial charge in [0.05, 0.1) is 10.6 Å². The highest BCUT2D eigenvalue weighted by Crippen LogP contribution is 2.35. The Bertz CT molecular complexity index is 574. The van der Waals surface area contributed by atoms with Gasteiger partial charge in [-0.15, -0.1) is 0 Å². The Labute approximate surface area is 153 Å². The van der Waals surface area contributed by atoms with Crippen molar-refractivity contribution in [3.05, 3.63) is 34.3 Å². The van der Waals surface area contributed by atoms with Crippen LogP contribution in [0.3, 0.4) is 0 Å². The molecule has 0 saturated heterocycles. The molecule has 1 rings (SSSR count). The lowest BCUT2D eigenvalue weighted by atomic mass is 9.90. The fourth-order valence-electron chi connectivity index (χ4n) is 2.68. The van der Waals surface area contributed by atoms with Crippen molar-refractivity contribution in [1.29, 1.82) is 0 Å². The third-order valence-electron chi connectivity index (χ3n) is 4.56. The molecule has 1 N–H and O–H groups in total. The molecule has 0 spiro atoms. The lowest BCUT2D eigenvalue weighted by Gasteiger charge is -2.30. The highest BCUT2D eigenvalue weighted by molar-refractivity contribution is 6.31. The van der Waals surface area contributed by atoms with E-state index in [1.165, 1.54) is 18.9 Å². The molecule has 0 bridgehead atoms. The van der Waals surface area contributed by atoms with Crippen molar-refractivity contribution < 1.29 is 18.0 Å². The van der Waals surface area contributed by atoms with Crippen LogP contribution in [-0.4, -0.2) is 11.4 Å². The van der Waals surface area contributed by atoms with E-state index in [9.17, 15) is 18.0 Å². The average Bonchev–Trinajstić information content (AvgIpc) is 2.54. The fraction of sp³-hybridized carbons (Fsp3) is 0.632. The van der Waals surface area contributed by atoms with Crippen LogP contribution in [0.15, 0.2) is 18.2 Å². The second-order valence-corrected chi connectivity index (χ2v) is 7.13. The molecule has 1 amide bonds. The van der Waals surface area contributed by atoms with Gasteiger partial charge in [-0.25, -0.2) is 0 Å². The summed E-state index contributed by atoms with van der Waals surface area (Å²) in [6, 6.07) is 3.26. The van der Waals surface area contributed by atoms with Crippen molar-refractivity contribution in [2.75, 3.05) is 0 Å². The molecular weight excluding hydrogens is 351 g/mol. The maximum absolute atomic E-state index is 12.9. The van der Waals surface area contributed by atoms with Gasteiger partial charge in [0, 0.05) is 11.1 Å². The summed E-state index contributed by atoms with van der Waals surface area (Å²) in [6.07, 6.45) is 2.54. The Kier molecular flexibility index (Phi) is 8.26. The molecule has 0 fully saturated rings. The largest absolute Gasteiger partial charge is 0.417 e. The maximum Gasteiger partial charge on any atom is 0.417 e. The summed E-state index contributed by atoms with van der Waals surface area (Å²) in [7, 11) is 0. The van der Waals surface area contributed by atoms with E-state index in [0.29, 0.717) is 6.42 Å². The first-order valence-corrected chi connectivity index (χ1v) is 9.20. The van der Waals surface area contributed by atoms with Gasteiger partial charge in [0.1, 0.15) is 0 Å². The van der Waals surface area contributed by atoms with Gasteiger partial charge >= 0.3 is 6.18 Å². The number of halogens is 4. The van der Waals surface area contributed by atoms with E-state index < -0.39 is 28.2 Å². The molecule has 1 atom stereocenters. The first-order valence-electron chi connectivity index (χ1n) is 8.82. The number of hydrogen-bond donors (Lipinski definition) is 1. The first-order chi connectivity index (χ1) is 11.6. The SMILES string of the molecule is CCCCCCCC(C)(CC)NC(=O)c1ccc(Cl)c(C(F)(F)F)c1. The van der Waals surface area contributed by atoms with E-state index in [1.54, 1.807) is 0 Å². The summed E-state index contributed by atoms with van der Waals surface area (Å²) in [5, 5.41) is 2.49. The summed E-state index contributed by atoms with van der Waals surface area (Å²) < 4.78 is 38.8. The molecule has 6 heteroatoms. The molecule has 0 radical (unpaired) electrons. The number of alkyl halides is 3. The molecule has 2 nitrogen and oxygen atoms in total. The number of unbranched alkanes of at least 4 members (excludes halogenated alkanes) is 4. The molecule has 0 aliphatic carbocycles. The Morgan fingerprint density at radius 2 is 1.76 bits per heavy atom. The van der Waals surface area contributed by atoms with Crippen LogP contribution in [0.25, 0.3) is 0 Å². The first kappa shape index (κ1) is 21.8. The standard InChI is InChI=1S/C19H27ClF3NO/c1-4-6-7-8-9-12-18(3,5-2)24-17(25)14-10-11-16(20)15(13-14)19(21,22)23/h10-11,13H,4-9,12H2,1-3H3,(H,24,25). The van der Waals surface area contributed by atoms with Crippen molar-refractivity contribution >= 4 is 17.5 Å². The molecule has 1 aromatic carbocycles. The molecule has 0 heterocycles. The van der Waals surface area contributed by atoms with Gasteiger partial charge in [0.15, 0.2) is 0 Å². The van der Waals surface area contributed by atoms with Gasteiger partial charge in [-0.2, -0.15) is 13.2 Å². The summed E-state index contributed by atoms with van der Waals surface area (Å²) in [5.41, 5.74) is -1.44. The van der Waals surface area contributed by atoms with Gasteiger partial charge < -0.3 is 5.32 Å². The van der Waals surface area contributed by atoms with Gasteiger partial charge in [-0.3, -0.25) is 4.79 Å². The minimum atomic E-state index is -4.58. The molecule has 142 valence electrons. The van der Waals surface area contributed by atoms with Crippen LogP contribution in [0, 0.1) is 0 Å². The molecule has 0 aliphatic heterocycles. The molecule has 1 aromatic rings. The van der Waals surface area contributed by atoms with Crippen molar-refractivity contribution in [2.45, 2.75) is 77.4 Å². The molecule has 25 heavy (non-hydrogen) atoms. The van der Waals surface area contributed by atoms with Gasteiger partial charge in [-0.05, 0) is 38.0 Å². The van der Waals surface area contributed by atoms with Gasteiger partial charge in [0.2, 0.25) is 0 Å². The van der Waals surface area contributed by atoms with Crippen molar-refractivity contribution in [1.82, 2.24) is 5.32 Å². The second-order valence-electron chi connectivity index (χ2n) is 6.72. The normalized spacial score (nSPS) is 14.2. The highest BCUT2D eigenvalue weighted by Gasteiger charge is 2.34. The van der Waals surface area contributed by atoms with E-state index in [0.717, 1.165) is 37.8 Å². The van der Waals surface area contributed by atoms with E-state index >= 15 is 0 Å². The third kappa shape index (κ3) is 6.89. The quantitative estimate of drug-likeness (QED) is 0.481. The summed E-state index contributed by atoms with van der Waals surface area (Å²) >= 11 is 5.60. The molecule has 0 aliphatic rings. The predicted molar refractivity (Wildman–Crippen MR) is 96.0 cm³/mol. The molecule has 1 unspecified atom stereocenters. The zero-order valence-electron chi connectivity index (χ0n) is 15.1. The van der Waals surface area contributed by atoms with E-state index in [4.69, 9.17) is 11.6 Å². The van der Waals surface area contributed by atoms with Crippen LogP contribution in [0.1, 0.15) is 81.6 Å². The van der Waals surface area contributed by atoms with E-state index in [2.05, 4.69) is 12.2 Å². The summed E-state index contributed by atoms with van der Waals surface area (Å²) in [4.78, 5) is 12.4. The van der Waals surface area contributed by atoms with Crippen LogP contribution >= 0.6 is 11.6 Å². The van der Waals surface area contributed by atoms with Gasteiger partial charge in [0.25, 0.3) is 5.91 Å². The van der Waals surface area contributed by atoms with Crippen LogP contribution in [0.5, 0.6) is 0 Å². The third-order valence-corrected chi connectivity index (χ3v) is 4.89. The number of carbonyl (C=O) groups is 1. The van der Waals surface area contributed by atoms with Crippen molar-refractivity contribution in [3.63, 3.8) is 0 Å². The second kappa shape index (κ2) is 9.46. The number of benzene rings is 1. The van der Waals surface area contributed by atoms with Crippen LogP contribution in [0.4, 0.5) is 13.2 Å². The minimum absolute atomic E-state index is 0.0256. The number of rotatable bonds is 9. The zero-order valence-corrected chi connectivity index (χ0v) is 15.9. The summed E-state index contributed by atoms with van der Waals surface area (Å²) in [6.45, 7) is 6.05. The van der Waals surface area contributed by atoms with Crippen molar-refractivity contribution in [3.8, 4) is 0 Å². The molecular formula is C19H27ClF3NO. The summed E-state index contributed by atoms with van der Waals surface area (Å²) in [5.74, 6) is -0.500. The number of amides is 1. The minimum Gasteiger partial charge on any atom is -0.347 e. The smallest absolute Gasteiger partial charge is 0.347 e. The predicted octanol–water partition coefficient (Wildman–Crippen LogP) is 6.62. The van der Waals surface area contributed by atoms with Gasteiger partial charge in [-0.1, -0.05) is 57.6 Å².